The lowest BCUT2D eigenvalue weighted by atomic mass is 10.3. The van der Waals surface area contributed by atoms with Gasteiger partial charge < -0.3 is 4.74 Å². The van der Waals surface area contributed by atoms with Crippen molar-refractivity contribution in [1.82, 2.24) is 14.8 Å². The second-order valence-electron chi connectivity index (χ2n) is 4.15. The number of nitrogens with zero attached hydrogens (tertiary/aromatic N) is 3. The van der Waals surface area contributed by atoms with Crippen molar-refractivity contribution < 1.29 is 9.53 Å². The van der Waals surface area contributed by atoms with E-state index < -0.39 is 6.10 Å². The Morgan fingerprint density at radius 3 is 3.05 bits per heavy atom. The smallest absolute Gasteiger partial charge is 0.267 e. The zero-order chi connectivity index (χ0) is 14.5. The number of halogens is 1. The molecule has 106 valence electrons. The molecule has 1 heterocycles. The lowest BCUT2D eigenvalue weighted by molar-refractivity contribution is -0.122. The molecule has 2 rings (SSSR count). The van der Waals surface area contributed by atoms with Crippen molar-refractivity contribution in [2.45, 2.75) is 26.5 Å². The van der Waals surface area contributed by atoms with Crippen LogP contribution in [0.5, 0.6) is 5.75 Å². The summed E-state index contributed by atoms with van der Waals surface area (Å²) in [6, 6.07) is 6.89. The highest BCUT2D eigenvalue weighted by atomic mass is 35.5. The molecule has 1 N–H and O–H groups in total. The van der Waals surface area contributed by atoms with E-state index in [4.69, 9.17) is 16.3 Å². The largest absolute Gasteiger partial charge is 0.481 e. The van der Waals surface area contributed by atoms with Crippen molar-refractivity contribution in [1.29, 1.82) is 0 Å². The Morgan fingerprint density at radius 2 is 2.35 bits per heavy atom. The van der Waals surface area contributed by atoms with Gasteiger partial charge in [-0.1, -0.05) is 17.7 Å². The van der Waals surface area contributed by atoms with E-state index in [1.165, 1.54) is 0 Å². The molecule has 1 amide bonds. The molecule has 20 heavy (non-hydrogen) atoms. The molecule has 0 aliphatic carbocycles. The Hall–Kier alpha value is -2.08. The molecular weight excluding hydrogens is 280 g/mol. The van der Waals surface area contributed by atoms with E-state index in [1.807, 2.05) is 6.92 Å². The highest BCUT2D eigenvalue weighted by Gasteiger charge is 2.17. The van der Waals surface area contributed by atoms with Gasteiger partial charge in [-0.25, -0.2) is 0 Å². The molecule has 1 atom stereocenters. The average molecular weight is 295 g/mol. The van der Waals surface area contributed by atoms with Crippen LogP contribution in [-0.4, -0.2) is 26.8 Å². The number of benzene rings is 1. The number of anilines is 1. The second-order valence-corrected chi connectivity index (χ2v) is 4.58. The maximum absolute atomic E-state index is 12.0. The number of hydrogen-bond donors (Lipinski definition) is 1. The molecule has 0 unspecified atom stereocenters. The van der Waals surface area contributed by atoms with Gasteiger partial charge in [0, 0.05) is 11.6 Å². The monoisotopic (exact) mass is 294 g/mol. The average Bonchev–Trinajstić information content (AvgIpc) is 2.85. The normalized spacial score (nSPS) is 11.9. The molecule has 0 bridgehead atoms. The van der Waals surface area contributed by atoms with Crippen molar-refractivity contribution in [3.8, 4) is 5.75 Å². The lowest BCUT2D eigenvalue weighted by Gasteiger charge is -2.14. The fourth-order valence-electron chi connectivity index (χ4n) is 1.59. The fraction of sp³-hybridized carbons (Fsp3) is 0.308. The SMILES string of the molecule is CCn1cnnc1NC(=O)[C@@H](C)Oc1cccc(Cl)c1. The third-order valence-corrected chi connectivity index (χ3v) is 2.90. The van der Waals surface area contributed by atoms with Crippen LogP contribution < -0.4 is 10.1 Å². The molecular formula is C13H15ClN4O2. The van der Waals surface area contributed by atoms with Crippen LogP contribution in [0.2, 0.25) is 5.02 Å². The van der Waals surface area contributed by atoms with Gasteiger partial charge >= 0.3 is 0 Å². The van der Waals surface area contributed by atoms with Crippen molar-refractivity contribution in [2.75, 3.05) is 5.32 Å². The molecule has 0 spiro atoms. The molecule has 0 aliphatic rings. The maximum atomic E-state index is 12.0. The van der Waals surface area contributed by atoms with Gasteiger partial charge in [-0.2, -0.15) is 0 Å². The van der Waals surface area contributed by atoms with E-state index >= 15 is 0 Å². The van der Waals surface area contributed by atoms with Crippen LogP contribution in [0.3, 0.4) is 0 Å². The molecule has 0 radical (unpaired) electrons. The first kappa shape index (κ1) is 14.3. The minimum atomic E-state index is -0.671. The van der Waals surface area contributed by atoms with Crippen LogP contribution in [0.4, 0.5) is 5.95 Å². The summed E-state index contributed by atoms with van der Waals surface area (Å²) < 4.78 is 7.25. The van der Waals surface area contributed by atoms with Gasteiger partial charge in [0.05, 0.1) is 0 Å². The van der Waals surface area contributed by atoms with Crippen LogP contribution in [0.1, 0.15) is 13.8 Å². The molecule has 0 saturated heterocycles. The highest BCUT2D eigenvalue weighted by molar-refractivity contribution is 6.30. The van der Waals surface area contributed by atoms with E-state index in [2.05, 4.69) is 15.5 Å². The quantitative estimate of drug-likeness (QED) is 0.919. The van der Waals surface area contributed by atoms with E-state index in [0.717, 1.165) is 0 Å². The van der Waals surface area contributed by atoms with Crippen LogP contribution in [-0.2, 0) is 11.3 Å². The van der Waals surface area contributed by atoms with E-state index in [0.29, 0.717) is 23.3 Å². The second kappa shape index (κ2) is 6.38. The molecule has 0 saturated carbocycles. The summed E-state index contributed by atoms with van der Waals surface area (Å²) in [7, 11) is 0. The Labute approximate surface area is 121 Å². The van der Waals surface area contributed by atoms with Crippen molar-refractivity contribution >= 4 is 23.5 Å². The van der Waals surface area contributed by atoms with Gasteiger partial charge in [-0.05, 0) is 32.0 Å². The standard InChI is InChI=1S/C13H15ClN4O2/c1-3-18-8-15-17-13(18)16-12(19)9(2)20-11-6-4-5-10(14)7-11/h4-9H,3H2,1-2H3,(H,16,17,19)/t9-/m1/s1. The van der Waals surface area contributed by atoms with Crippen LogP contribution in [0, 0.1) is 0 Å². The Kier molecular flexibility index (Phi) is 4.57. The molecule has 1 aromatic heterocycles. The zero-order valence-corrected chi connectivity index (χ0v) is 12.0. The summed E-state index contributed by atoms with van der Waals surface area (Å²) >= 11 is 5.86. The number of rotatable bonds is 5. The molecule has 6 nitrogen and oxygen atoms in total. The number of aromatic nitrogens is 3. The minimum absolute atomic E-state index is 0.298. The highest BCUT2D eigenvalue weighted by Crippen LogP contribution is 2.18. The molecule has 0 aliphatic heterocycles. The van der Waals surface area contributed by atoms with Gasteiger partial charge in [-0.3, -0.25) is 14.7 Å². The first-order chi connectivity index (χ1) is 9.60. The van der Waals surface area contributed by atoms with E-state index in [-0.39, 0.29) is 5.91 Å². The summed E-state index contributed by atoms with van der Waals surface area (Å²) in [5, 5.41) is 10.8. The van der Waals surface area contributed by atoms with Gasteiger partial charge in [-0.15, -0.1) is 10.2 Å². The summed E-state index contributed by atoms with van der Waals surface area (Å²) in [5.74, 6) is 0.642. The Balaban J connectivity index is 1.99. The van der Waals surface area contributed by atoms with Crippen molar-refractivity contribution in [2.24, 2.45) is 0 Å². The number of ether oxygens (including phenoxy) is 1. The molecule has 7 heteroatoms. The number of nitrogens with one attached hydrogen (secondary N) is 1. The molecule has 0 fully saturated rings. The van der Waals surface area contributed by atoms with Gasteiger partial charge in [0.2, 0.25) is 5.95 Å². The van der Waals surface area contributed by atoms with Crippen molar-refractivity contribution in [3.63, 3.8) is 0 Å². The number of hydrogen-bond acceptors (Lipinski definition) is 4. The molecule has 2 aromatic rings. The summed E-state index contributed by atoms with van der Waals surface area (Å²) in [5.41, 5.74) is 0. The Morgan fingerprint density at radius 1 is 1.55 bits per heavy atom. The van der Waals surface area contributed by atoms with Crippen molar-refractivity contribution in [3.05, 3.63) is 35.6 Å². The predicted octanol–water partition coefficient (Wildman–Crippen LogP) is 2.36. The predicted molar refractivity (Wildman–Crippen MR) is 75.9 cm³/mol. The Bertz CT molecular complexity index is 600. The lowest BCUT2D eigenvalue weighted by Crippen LogP contribution is -2.31. The number of aryl methyl sites for hydroxylation is 1. The third kappa shape index (κ3) is 3.48. The topological polar surface area (TPSA) is 69.0 Å². The maximum Gasteiger partial charge on any atom is 0.267 e. The van der Waals surface area contributed by atoms with Crippen LogP contribution >= 0.6 is 11.6 Å². The first-order valence-corrected chi connectivity index (χ1v) is 6.59. The van der Waals surface area contributed by atoms with Gasteiger partial charge in [0.15, 0.2) is 6.10 Å². The zero-order valence-electron chi connectivity index (χ0n) is 11.2. The number of carbonyl (C=O) groups is 1. The fourth-order valence-corrected chi connectivity index (χ4v) is 1.77. The molecule has 1 aromatic carbocycles. The minimum Gasteiger partial charge on any atom is -0.481 e. The van der Waals surface area contributed by atoms with Crippen LogP contribution in [0.25, 0.3) is 0 Å². The number of amides is 1. The number of carbonyl (C=O) groups excluding carboxylic acids is 1. The first-order valence-electron chi connectivity index (χ1n) is 6.21. The third-order valence-electron chi connectivity index (χ3n) is 2.67. The summed E-state index contributed by atoms with van der Waals surface area (Å²) in [4.78, 5) is 12.0. The van der Waals surface area contributed by atoms with E-state index in [9.17, 15) is 4.79 Å². The van der Waals surface area contributed by atoms with Gasteiger partial charge in [0.1, 0.15) is 12.1 Å². The van der Waals surface area contributed by atoms with E-state index in [1.54, 1.807) is 42.1 Å². The summed E-state index contributed by atoms with van der Waals surface area (Å²) in [6.45, 7) is 4.26. The van der Waals surface area contributed by atoms with Crippen LogP contribution in [0.15, 0.2) is 30.6 Å². The summed E-state index contributed by atoms with van der Waals surface area (Å²) in [6.07, 6.45) is 0.883. The van der Waals surface area contributed by atoms with Gasteiger partial charge in [0.25, 0.3) is 5.91 Å².